The molecule has 8 heteroatoms. The maximum absolute atomic E-state index is 11.8. The molecule has 0 aromatic heterocycles. The number of carbonyl (C=O) groups excluding carboxylic acids is 1. The molecule has 8 nitrogen and oxygen atoms in total. The monoisotopic (exact) mass is 290 g/mol. The molecule has 1 atom stereocenters. The summed E-state index contributed by atoms with van der Waals surface area (Å²) in [5, 5.41) is 11.6. The predicted octanol–water partition coefficient (Wildman–Crippen LogP) is -0.465. The Morgan fingerprint density at radius 1 is 1.40 bits per heavy atom. The quantitative estimate of drug-likeness (QED) is 0.587. The Bertz CT molecular complexity index is 312. The van der Waals surface area contributed by atoms with Crippen LogP contribution in [0.5, 0.6) is 0 Å². The highest BCUT2D eigenvalue weighted by atomic mass is 16.5. The van der Waals surface area contributed by atoms with Gasteiger partial charge in [-0.15, -0.1) is 0 Å². The minimum atomic E-state index is -1.05. The predicted molar refractivity (Wildman–Crippen MR) is 69.7 cm³/mol. The third-order valence-corrected chi connectivity index (χ3v) is 2.80. The Hall–Kier alpha value is -1.38. The number of nitrogens with one attached hydrogen (secondary N) is 1. The maximum atomic E-state index is 11.8. The fraction of sp³-hybridized carbons (Fsp3) is 0.833. The normalized spacial score (nSPS) is 18.9. The van der Waals surface area contributed by atoms with Crippen LogP contribution in [0.4, 0.5) is 4.79 Å². The third-order valence-electron chi connectivity index (χ3n) is 2.80. The summed E-state index contributed by atoms with van der Waals surface area (Å²) in [7, 11) is 1.61. The second kappa shape index (κ2) is 9.51. The van der Waals surface area contributed by atoms with Crippen LogP contribution in [0.1, 0.15) is 6.42 Å². The highest BCUT2D eigenvalue weighted by Gasteiger charge is 2.28. The van der Waals surface area contributed by atoms with Gasteiger partial charge in [0.15, 0.2) is 6.10 Å². The first-order valence-electron chi connectivity index (χ1n) is 6.59. The van der Waals surface area contributed by atoms with Crippen molar-refractivity contribution in [3.8, 4) is 0 Å². The smallest absolute Gasteiger partial charge is 0.334 e. The number of carboxylic acids is 1. The summed E-state index contributed by atoms with van der Waals surface area (Å²) < 4.78 is 15.1. The Balaban J connectivity index is 2.11. The van der Waals surface area contributed by atoms with Gasteiger partial charge in [0, 0.05) is 26.8 Å². The molecule has 0 saturated carbocycles. The van der Waals surface area contributed by atoms with Crippen LogP contribution < -0.4 is 5.32 Å². The first-order valence-corrected chi connectivity index (χ1v) is 6.59. The number of methoxy groups -OCH3 is 1. The Morgan fingerprint density at radius 3 is 2.90 bits per heavy atom. The van der Waals surface area contributed by atoms with Crippen LogP contribution in [0, 0.1) is 0 Å². The van der Waals surface area contributed by atoms with Crippen molar-refractivity contribution in [1.82, 2.24) is 10.2 Å². The van der Waals surface area contributed by atoms with Crippen molar-refractivity contribution >= 4 is 12.0 Å². The lowest BCUT2D eigenvalue weighted by molar-refractivity contribution is -0.154. The number of hydrogen-bond donors (Lipinski definition) is 2. The van der Waals surface area contributed by atoms with Crippen LogP contribution in [0.25, 0.3) is 0 Å². The highest BCUT2D eigenvalue weighted by molar-refractivity contribution is 5.77. The first-order chi connectivity index (χ1) is 9.65. The first kappa shape index (κ1) is 16.7. The molecule has 116 valence electrons. The zero-order chi connectivity index (χ0) is 14.8. The SMILES string of the molecule is COCCOCCCNC(=O)N1CCOC(C(=O)O)C1. The van der Waals surface area contributed by atoms with E-state index in [2.05, 4.69) is 5.32 Å². The van der Waals surface area contributed by atoms with E-state index in [1.807, 2.05) is 0 Å². The minimum Gasteiger partial charge on any atom is -0.479 e. The molecule has 1 fully saturated rings. The van der Waals surface area contributed by atoms with Gasteiger partial charge in [-0.1, -0.05) is 0 Å². The molecule has 0 aliphatic carbocycles. The Labute approximate surface area is 118 Å². The van der Waals surface area contributed by atoms with Crippen LogP contribution in [-0.4, -0.2) is 81.3 Å². The van der Waals surface area contributed by atoms with E-state index in [4.69, 9.17) is 19.3 Å². The standard InChI is InChI=1S/C12H22N2O6/c1-18-7-8-19-5-2-3-13-12(17)14-4-6-20-10(9-14)11(15)16/h10H,2-9H2,1H3,(H,13,17)(H,15,16). The zero-order valence-corrected chi connectivity index (χ0v) is 11.7. The van der Waals surface area contributed by atoms with E-state index in [0.29, 0.717) is 39.3 Å². The lowest BCUT2D eigenvalue weighted by Crippen LogP contribution is -2.51. The van der Waals surface area contributed by atoms with Gasteiger partial charge in [0.2, 0.25) is 0 Å². The van der Waals surface area contributed by atoms with Crippen LogP contribution in [0.2, 0.25) is 0 Å². The summed E-state index contributed by atoms with van der Waals surface area (Å²) in [6.45, 7) is 2.84. The van der Waals surface area contributed by atoms with Crippen molar-refractivity contribution in [2.24, 2.45) is 0 Å². The number of rotatable bonds is 8. The number of aliphatic carboxylic acids is 1. The van der Waals surface area contributed by atoms with Crippen LogP contribution >= 0.6 is 0 Å². The van der Waals surface area contributed by atoms with Crippen molar-refractivity contribution in [3.63, 3.8) is 0 Å². The molecule has 0 aromatic rings. The maximum Gasteiger partial charge on any atom is 0.334 e. The molecule has 0 bridgehead atoms. The zero-order valence-electron chi connectivity index (χ0n) is 11.7. The number of morpholine rings is 1. The molecule has 1 saturated heterocycles. The second-order valence-electron chi connectivity index (χ2n) is 4.33. The van der Waals surface area contributed by atoms with Gasteiger partial charge in [0.05, 0.1) is 26.4 Å². The van der Waals surface area contributed by atoms with Crippen molar-refractivity contribution < 1.29 is 28.9 Å². The molecule has 1 aliphatic heterocycles. The van der Waals surface area contributed by atoms with Gasteiger partial charge in [-0.25, -0.2) is 9.59 Å². The Morgan fingerprint density at radius 2 is 2.20 bits per heavy atom. The van der Waals surface area contributed by atoms with Gasteiger partial charge in [-0.05, 0) is 6.42 Å². The van der Waals surface area contributed by atoms with Crippen LogP contribution in [-0.2, 0) is 19.0 Å². The van der Waals surface area contributed by atoms with Crippen molar-refractivity contribution in [3.05, 3.63) is 0 Å². The number of amides is 2. The molecule has 0 spiro atoms. The van der Waals surface area contributed by atoms with E-state index in [9.17, 15) is 9.59 Å². The average molecular weight is 290 g/mol. The summed E-state index contributed by atoms with van der Waals surface area (Å²) in [5.41, 5.74) is 0. The molecular formula is C12H22N2O6. The number of carboxylic acid groups (broad SMARTS) is 1. The summed E-state index contributed by atoms with van der Waals surface area (Å²) in [4.78, 5) is 24.1. The largest absolute Gasteiger partial charge is 0.479 e. The number of nitrogens with zero attached hydrogens (tertiary/aromatic N) is 1. The molecule has 1 aliphatic rings. The second-order valence-corrected chi connectivity index (χ2v) is 4.33. The highest BCUT2D eigenvalue weighted by Crippen LogP contribution is 2.05. The van der Waals surface area contributed by atoms with Gasteiger partial charge in [-0.2, -0.15) is 0 Å². The van der Waals surface area contributed by atoms with Gasteiger partial charge >= 0.3 is 12.0 Å². The molecular weight excluding hydrogens is 268 g/mol. The molecule has 1 unspecified atom stereocenters. The van der Waals surface area contributed by atoms with Crippen LogP contribution in [0.3, 0.4) is 0 Å². The molecule has 2 N–H and O–H groups in total. The molecule has 1 heterocycles. The summed E-state index contributed by atoms with van der Waals surface area (Å²) in [6, 6.07) is -0.267. The molecule has 2 amide bonds. The molecule has 0 radical (unpaired) electrons. The number of hydrogen-bond acceptors (Lipinski definition) is 5. The number of ether oxygens (including phenoxy) is 3. The third kappa shape index (κ3) is 6.18. The van der Waals surface area contributed by atoms with E-state index < -0.39 is 12.1 Å². The van der Waals surface area contributed by atoms with Crippen molar-refractivity contribution in [2.45, 2.75) is 12.5 Å². The van der Waals surface area contributed by atoms with Gasteiger partial charge < -0.3 is 29.5 Å². The topological polar surface area (TPSA) is 97.3 Å². The van der Waals surface area contributed by atoms with E-state index in [0.717, 1.165) is 0 Å². The minimum absolute atomic E-state index is 0.0749. The summed E-state index contributed by atoms with van der Waals surface area (Å²) in [6.07, 6.45) is -0.241. The molecule has 1 rings (SSSR count). The fourth-order valence-corrected chi connectivity index (χ4v) is 1.71. The van der Waals surface area contributed by atoms with E-state index in [-0.39, 0.29) is 19.2 Å². The lowest BCUT2D eigenvalue weighted by atomic mass is 10.3. The van der Waals surface area contributed by atoms with Crippen molar-refractivity contribution in [2.75, 3.05) is 53.2 Å². The van der Waals surface area contributed by atoms with Gasteiger partial charge in [0.1, 0.15) is 0 Å². The van der Waals surface area contributed by atoms with E-state index in [1.54, 1.807) is 7.11 Å². The summed E-state index contributed by atoms with van der Waals surface area (Å²) in [5.74, 6) is -1.05. The summed E-state index contributed by atoms with van der Waals surface area (Å²) >= 11 is 0. The fourth-order valence-electron chi connectivity index (χ4n) is 1.71. The molecule has 0 aromatic carbocycles. The van der Waals surface area contributed by atoms with Crippen LogP contribution in [0.15, 0.2) is 0 Å². The number of urea groups is 1. The lowest BCUT2D eigenvalue weighted by Gasteiger charge is -2.30. The molecule has 20 heavy (non-hydrogen) atoms. The number of carbonyl (C=O) groups is 2. The van der Waals surface area contributed by atoms with E-state index >= 15 is 0 Å². The Kier molecular flexibility index (Phi) is 7.93. The van der Waals surface area contributed by atoms with Gasteiger partial charge in [0.25, 0.3) is 0 Å². The van der Waals surface area contributed by atoms with Crippen molar-refractivity contribution in [1.29, 1.82) is 0 Å². The van der Waals surface area contributed by atoms with Gasteiger partial charge in [-0.3, -0.25) is 0 Å². The average Bonchev–Trinajstić information content (AvgIpc) is 2.46. The van der Waals surface area contributed by atoms with E-state index in [1.165, 1.54) is 4.90 Å².